The number of nitrogens with zero attached hydrogens (tertiary/aromatic N) is 3. The maximum Gasteiger partial charge on any atom is 0.320 e. The van der Waals surface area contributed by atoms with Crippen molar-refractivity contribution in [3.05, 3.63) is 60.0 Å². The number of rotatable bonds is 7. The lowest BCUT2D eigenvalue weighted by atomic mass is 9.87. The monoisotopic (exact) mass is 447 g/mol. The molecule has 33 heavy (non-hydrogen) atoms. The van der Waals surface area contributed by atoms with Crippen LogP contribution in [0.2, 0.25) is 0 Å². The molecule has 1 aliphatic rings. The molecule has 1 heterocycles. The SMILES string of the molecule is N#Cc1cccc(Nc2nnc(C(=O)Nc3ccc(OC4CCC(C(=O)O)CC4)cc3)o2)c1. The normalized spacial score (nSPS) is 17.5. The van der Waals surface area contributed by atoms with E-state index in [1.807, 2.05) is 6.07 Å². The lowest BCUT2D eigenvalue weighted by Crippen LogP contribution is -2.27. The molecular formula is C23H21N5O5. The summed E-state index contributed by atoms with van der Waals surface area (Å²) in [5.74, 6) is -1.17. The van der Waals surface area contributed by atoms with E-state index < -0.39 is 11.9 Å². The van der Waals surface area contributed by atoms with Gasteiger partial charge in [-0.25, -0.2) is 0 Å². The number of carboxylic acid groups (broad SMARTS) is 1. The number of aromatic nitrogens is 2. The number of amides is 1. The molecule has 3 aromatic rings. The Hall–Kier alpha value is -4.39. The second-order valence-electron chi connectivity index (χ2n) is 7.64. The number of hydrogen-bond acceptors (Lipinski definition) is 8. The van der Waals surface area contributed by atoms with Crippen molar-refractivity contribution in [3.8, 4) is 11.8 Å². The van der Waals surface area contributed by atoms with Crippen molar-refractivity contribution >= 4 is 29.3 Å². The van der Waals surface area contributed by atoms with Crippen molar-refractivity contribution in [2.75, 3.05) is 10.6 Å². The van der Waals surface area contributed by atoms with Crippen molar-refractivity contribution in [1.29, 1.82) is 5.26 Å². The van der Waals surface area contributed by atoms with Gasteiger partial charge in [-0.1, -0.05) is 11.2 Å². The first-order chi connectivity index (χ1) is 16.0. The van der Waals surface area contributed by atoms with Crippen LogP contribution in [-0.2, 0) is 4.79 Å². The summed E-state index contributed by atoms with van der Waals surface area (Å²) in [6.07, 6.45) is 2.60. The molecule has 10 nitrogen and oxygen atoms in total. The lowest BCUT2D eigenvalue weighted by Gasteiger charge is -2.26. The predicted molar refractivity (Wildman–Crippen MR) is 117 cm³/mol. The van der Waals surface area contributed by atoms with Gasteiger partial charge in [0, 0.05) is 11.4 Å². The number of benzene rings is 2. The molecule has 3 N–H and O–H groups in total. The average molecular weight is 447 g/mol. The molecule has 0 atom stereocenters. The second-order valence-corrected chi connectivity index (χ2v) is 7.64. The summed E-state index contributed by atoms with van der Waals surface area (Å²) in [7, 11) is 0. The minimum Gasteiger partial charge on any atom is -0.490 e. The highest BCUT2D eigenvalue weighted by molar-refractivity contribution is 6.00. The molecule has 1 saturated carbocycles. The lowest BCUT2D eigenvalue weighted by molar-refractivity contribution is -0.143. The first-order valence-electron chi connectivity index (χ1n) is 10.4. The number of nitrogens with one attached hydrogen (secondary N) is 2. The van der Waals surface area contributed by atoms with Crippen LogP contribution in [0.5, 0.6) is 5.75 Å². The van der Waals surface area contributed by atoms with Crippen LogP contribution in [0.15, 0.2) is 52.9 Å². The van der Waals surface area contributed by atoms with Gasteiger partial charge in [-0.3, -0.25) is 9.59 Å². The van der Waals surface area contributed by atoms with E-state index in [9.17, 15) is 9.59 Å². The Labute approximate surface area is 189 Å². The summed E-state index contributed by atoms with van der Waals surface area (Å²) in [5.41, 5.74) is 1.57. The predicted octanol–water partition coefficient (Wildman–Crippen LogP) is 3.96. The van der Waals surface area contributed by atoms with Gasteiger partial charge in [-0.15, -0.1) is 5.10 Å². The van der Waals surface area contributed by atoms with Crippen LogP contribution in [0.4, 0.5) is 17.4 Å². The summed E-state index contributed by atoms with van der Waals surface area (Å²) in [6.45, 7) is 0. The summed E-state index contributed by atoms with van der Waals surface area (Å²) in [6, 6.07) is 15.6. The molecule has 2 aromatic carbocycles. The largest absolute Gasteiger partial charge is 0.490 e. The van der Waals surface area contributed by atoms with Crippen LogP contribution in [0.25, 0.3) is 0 Å². The second kappa shape index (κ2) is 9.82. The maximum atomic E-state index is 12.4. The van der Waals surface area contributed by atoms with Crippen LogP contribution in [0.3, 0.4) is 0 Å². The zero-order valence-electron chi connectivity index (χ0n) is 17.5. The van der Waals surface area contributed by atoms with Gasteiger partial charge in [-0.05, 0) is 68.1 Å². The van der Waals surface area contributed by atoms with Gasteiger partial charge in [0.05, 0.1) is 23.7 Å². The van der Waals surface area contributed by atoms with E-state index >= 15 is 0 Å². The van der Waals surface area contributed by atoms with Crippen molar-refractivity contribution in [1.82, 2.24) is 10.2 Å². The van der Waals surface area contributed by atoms with Gasteiger partial charge in [0.15, 0.2) is 0 Å². The number of anilines is 3. The Bertz CT molecular complexity index is 1180. The molecule has 0 spiro atoms. The minimum absolute atomic E-state index is 0.0146. The highest BCUT2D eigenvalue weighted by atomic mass is 16.5. The highest BCUT2D eigenvalue weighted by Crippen LogP contribution is 2.28. The standard InChI is InChI=1S/C23H21N5O5/c24-13-14-2-1-3-17(12-14)26-23-28-27-21(33-23)20(29)25-16-6-10-19(11-7-16)32-18-8-4-15(5-9-18)22(30)31/h1-3,6-7,10-12,15,18H,4-5,8-9H2,(H,25,29)(H,26,28)(H,30,31). The Morgan fingerprint density at radius 2 is 1.82 bits per heavy atom. The molecule has 4 rings (SSSR count). The zero-order chi connectivity index (χ0) is 23.2. The number of carbonyl (C=O) groups excluding carboxylic acids is 1. The third-order valence-electron chi connectivity index (χ3n) is 5.30. The molecule has 1 aliphatic carbocycles. The van der Waals surface area contributed by atoms with E-state index in [4.69, 9.17) is 19.5 Å². The average Bonchev–Trinajstić information content (AvgIpc) is 3.29. The summed E-state index contributed by atoms with van der Waals surface area (Å²) in [4.78, 5) is 23.5. The molecule has 1 fully saturated rings. The van der Waals surface area contributed by atoms with E-state index in [-0.39, 0.29) is 23.9 Å². The number of carbonyl (C=O) groups is 2. The quantitative estimate of drug-likeness (QED) is 0.489. The van der Waals surface area contributed by atoms with Crippen molar-refractivity contribution < 1.29 is 23.8 Å². The smallest absolute Gasteiger partial charge is 0.320 e. The maximum absolute atomic E-state index is 12.4. The number of carboxylic acids is 1. The van der Waals surface area contributed by atoms with Crippen LogP contribution >= 0.6 is 0 Å². The molecule has 0 unspecified atom stereocenters. The molecule has 0 aliphatic heterocycles. The number of hydrogen-bond donors (Lipinski definition) is 3. The van der Waals surface area contributed by atoms with Gasteiger partial charge < -0.3 is 24.9 Å². The third kappa shape index (κ3) is 5.65. The van der Waals surface area contributed by atoms with E-state index in [1.54, 1.807) is 48.5 Å². The number of aliphatic carboxylic acids is 1. The van der Waals surface area contributed by atoms with Crippen molar-refractivity contribution in [3.63, 3.8) is 0 Å². The topological polar surface area (TPSA) is 150 Å². The summed E-state index contributed by atoms with van der Waals surface area (Å²) >= 11 is 0. The van der Waals surface area contributed by atoms with Gasteiger partial charge in [0.2, 0.25) is 0 Å². The van der Waals surface area contributed by atoms with Gasteiger partial charge >= 0.3 is 23.8 Å². The fourth-order valence-electron chi connectivity index (χ4n) is 3.58. The third-order valence-corrected chi connectivity index (χ3v) is 5.30. The highest BCUT2D eigenvalue weighted by Gasteiger charge is 2.26. The fraction of sp³-hybridized carbons (Fsp3) is 0.261. The Morgan fingerprint density at radius 3 is 2.52 bits per heavy atom. The molecule has 168 valence electrons. The van der Waals surface area contributed by atoms with Gasteiger partial charge in [0.1, 0.15) is 5.75 Å². The van der Waals surface area contributed by atoms with Crippen LogP contribution < -0.4 is 15.4 Å². The zero-order valence-corrected chi connectivity index (χ0v) is 17.5. The molecular weight excluding hydrogens is 426 g/mol. The summed E-state index contributed by atoms with van der Waals surface area (Å²) < 4.78 is 11.3. The molecule has 1 aromatic heterocycles. The number of ether oxygens (including phenoxy) is 1. The summed E-state index contributed by atoms with van der Waals surface area (Å²) in [5, 5.41) is 31.1. The Morgan fingerprint density at radius 1 is 1.06 bits per heavy atom. The molecule has 0 bridgehead atoms. The van der Waals surface area contributed by atoms with E-state index in [1.165, 1.54) is 0 Å². The Balaban J connectivity index is 1.30. The first-order valence-corrected chi connectivity index (χ1v) is 10.4. The van der Waals surface area contributed by atoms with Crippen molar-refractivity contribution in [2.45, 2.75) is 31.8 Å². The van der Waals surface area contributed by atoms with Crippen LogP contribution in [0.1, 0.15) is 41.9 Å². The fourth-order valence-corrected chi connectivity index (χ4v) is 3.58. The first kappa shape index (κ1) is 21.8. The number of nitriles is 1. The van der Waals surface area contributed by atoms with Crippen LogP contribution in [0, 0.1) is 17.2 Å². The van der Waals surface area contributed by atoms with E-state index in [0.29, 0.717) is 48.4 Å². The Kier molecular flexibility index (Phi) is 6.50. The molecule has 10 heteroatoms. The van der Waals surface area contributed by atoms with Crippen LogP contribution in [-0.4, -0.2) is 33.3 Å². The minimum atomic E-state index is -0.745. The van der Waals surface area contributed by atoms with Crippen molar-refractivity contribution in [2.24, 2.45) is 5.92 Å². The molecule has 1 amide bonds. The molecule has 0 saturated heterocycles. The van der Waals surface area contributed by atoms with E-state index in [0.717, 1.165) is 0 Å². The van der Waals surface area contributed by atoms with Gasteiger partial charge in [0.25, 0.3) is 0 Å². The van der Waals surface area contributed by atoms with E-state index in [2.05, 4.69) is 20.8 Å². The molecule has 0 radical (unpaired) electrons. The van der Waals surface area contributed by atoms with Gasteiger partial charge in [-0.2, -0.15) is 5.26 Å².